The largest absolute Gasteiger partial charge is 0.445 e. The number of sulfone groups is 1. The van der Waals surface area contributed by atoms with Crippen molar-refractivity contribution < 1.29 is 63.8 Å². The fourth-order valence-corrected chi connectivity index (χ4v) is 9.29. The van der Waals surface area contributed by atoms with E-state index in [4.69, 9.17) is 39.4 Å². The van der Waals surface area contributed by atoms with Crippen molar-refractivity contribution in [3.8, 4) is 11.1 Å². The van der Waals surface area contributed by atoms with Crippen molar-refractivity contribution in [1.29, 1.82) is 0 Å². The lowest BCUT2D eigenvalue weighted by Crippen LogP contribution is -2.62. The quantitative estimate of drug-likeness (QED) is 0.0367. The number of ether oxygens (including phenoxy) is 1. The zero-order valence-electron chi connectivity index (χ0n) is 38.9. The van der Waals surface area contributed by atoms with Gasteiger partial charge in [-0.15, -0.1) is 0 Å². The van der Waals surface area contributed by atoms with Gasteiger partial charge < -0.3 is 42.2 Å². The summed E-state index contributed by atoms with van der Waals surface area (Å²) >= 11 is 12.6. The Morgan fingerprint density at radius 3 is 2.08 bits per heavy atom. The third kappa shape index (κ3) is 13.9. The Morgan fingerprint density at radius 1 is 0.889 bits per heavy atom. The van der Waals surface area contributed by atoms with Crippen LogP contribution in [-0.2, 0) is 30.8 Å². The number of nitrogens with two attached hydrogens (primary N) is 2. The number of urea groups is 1. The van der Waals surface area contributed by atoms with E-state index in [1.54, 1.807) is 44.2 Å². The van der Waals surface area contributed by atoms with E-state index < -0.39 is 82.0 Å². The summed E-state index contributed by atoms with van der Waals surface area (Å²) in [4.78, 5) is 50.8. The van der Waals surface area contributed by atoms with E-state index in [0.717, 1.165) is 5.01 Å². The molecule has 0 radical (unpaired) electrons. The Morgan fingerprint density at radius 2 is 1.50 bits per heavy atom. The lowest BCUT2D eigenvalue weighted by Gasteiger charge is -2.32. The number of halogens is 8. The second-order valence-electron chi connectivity index (χ2n) is 17.1. The highest BCUT2D eigenvalue weighted by Gasteiger charge is 2.74. The van der Waals surface area contributed by atoms with Crippen LogP contribution >= 0.6 is 23.2 Å². The molecule has 16 nitrogen and oxygen atoms in total. The molecular weight excluding hydrogens is 1020 g/mol. The van der Waals surface area contributed by atoms with Crippen LogP contribution in [0.5, 0.6) is 0 Å². The molecule has 3 atom stereocenters. The van der Waals surface area contributed by atoms with Crippen LogP contribution < -0.4 is 32.4 Å². The first kappa shape index (κ1) is 56.8. The van der Waals surface area contributed by atoms with Gasteiger partial charge in [0.15, 0.2) is 9.84 Å². The van der Waals surface area contributed by atoms with Crippen LogP contribution in [0.2, 0.25) is 10.0 Å². The van der Waals surface area contributed by atoms with Crippen molar-refractivity contribution >= 4 is 74.1 Å². The number of nitrogens with one attached hydrogen (secondary N) is 3. The van der Waals surface area contributed by atoms with Gasteiger partial charge in [-0.1, -0.05) is 91.6 Å². The number of anilines is 2. The van der Waals surface area contributed by atoms with Gasteiger partial charge >= 0.3 is 24.5 Å². The molecule has 25 heteroatoms. The number of hydrogen-bond acceptors (Lipinski definition) is 11. The predicted molar refractivity (Wildman–Crippen MR) is 259 cm³/mol. The number of carbonyl (C=O) groups excluding carboxylic acids is 4. The molecule has 1 aliphatic rings. The Balaban J connectivity index is 1.17. The first-order chi connectivity index (χ1) is 33.6. The molecule has 1 aliphatic heterocycles. The van der Waals surface area contributed by atoms with Gasteiger partial charge in [0.25, 0.3) is 5.60 Å². The molecule has 5 rings (SSSR count). The molecule has 0 bridgehead atoms. The summed E-state index contributed by atoms with van der Waals surface area (Å²) in [5.41, 5.74) is 5.88. The van der Waals surface area contributed by atoms with E-state index in [-0.39, 0.29) is 70.4 Å². The third-order valence-corrected chi connectivity index (χ3v) is 14.0. The number of carbonyl (C=O) groups is 4. The third-order valence-electron chi connectivity index (χ3n) is 11.6. The maximum atomic E-state index is 14.0. The number of alkyl halides is 6. The second-order valence-corrected chi connectivity index (χ2v) is 20.1. The highest BCUT2D eigenvalue weighted by atomic mass is 35.5. The number of primary amides is 1. The van der Waals surface area contributed by atoms with E-state index in [9.17, 15) is 59.0 Å². The molecule has 0 aromatic heterocycles. The number of amides is 5. The highest BCUT2D eigenvalue weighted by Crippen LogP contribution is 2.50. The molecule has 72 heavy (non-hydrogen) atoms. The maximum absolute atomic E-state index is 14.0. The van der Waals surface area contributed by atoms with Crippen LogP contribution in [0, 0.1) is 5.92 Å². The number of nitrogens with zero attached hydrogens (tertiary/aromatic N) is 3. The second kappa shape index (κ2) is 23.6. The smallest absolute Gasteiger partial charge is 0.431 e. The lowest BCUT2D eigenvalue weighted by atomic mass is 9.89. The minimum atomic E-state index is -6.19. The number of hydrazone groups is 1. The molecule has 0 spiro atoms. The monoisotopic (exact) mass is 1070 g/mol. The van der Waals surface area contributed by atoms with Crippen LogP contribution in [0.4, 0.5) is 47.3 Å². The molecule has 4 aromatic rings. The lowest BCUT2D eigenvalue weighted by molar-refractivity contribution is -0.338. The van der Waals surface area contributed by atoms with Crippen LogP contribution in [0.1, 0.15) is 56.7 Å². The van der Waals surface area contributed by atoms with Crippen molar-refractivity contribution in [1.82, 2.24) is 15.5 Å². The first-order valence-corrected chi connectivity index (χ1v) is 24.5. The summed E-state index contributed by atoms with van der Waals surface area (Å²) in [6.45, 7) is 3.54. The first-order valence-electron chi connectivity index (χ1n) is 22.1. The number of rotatable bonds is 20. The Labute approximate surface area is 420 Å². The van der Waals surface area contributed by atoms with E-state index >= 15 is 0 Å². The van der Waals surface area contributed by atoms with Gasteiger partial charge in [-0.25, -0.2) is 18.0 Å². The average molecular weight is 1070 g/mol. The van der Waals surface area contributed by atoms with E-state index in [1.807, 2.05) is 0 Å². The fraction of sp³-hybridized carbons (Fsp3) is 0.383. The normalized spacial score (nSPS) is 15.1. The van der Waals surface area contributed by atoms with E-state index in [2.05, 4.69) is 21.1 Å². The van der Waals surface area contributed by atoms with E-state index in [0.29, 0.717) is 28.8 Å². The number of hydrogen-bond donors (Lipinski definition) is 6. The summed E-state index contributed by atoms with van der Waals surface area (Å²) in [6, 6.07) is 18.1. The van der Waals surface area contributed by atoms with Crippen molar-refractivity contribution in [2.45, 2.75) is 87.1 Å². The van der Waals surface area contributed by atoms with Gasteiger partial charge in [-0.05, 0) is 83.8 Å². The average Bonchev–Trinajstić information content (AvgIpc) is 3.75. The van der Waals surface area contributed by atoms with Crippen LogP contribution in [0.3, 0.4) is 0 Å². The molecule has 4 aromatic carbocycles. The number of aliphatic hydroxyl groups is 1. The Hall–Kier alpha value is -6.14. The minimum absolute atomic E-state index is 0.00504. The van der Waals surface area contributed by atoms with Gasteiger partial charge in [0.1, 0.15) is 12.6 Å². The molecule has 0 saturated carbocycles. The summed E-state index contributed by atoms with van der Waals surface area (Å²) in [7, 11) is -2.50. The molecular formula is C47H52Cl2F6N8O8S. The van der Waals surface area contributed by atoms with Crippen molar-refractivity contribution in [2.24, 2.45) is 22.5 Å². The van der Waals surface area contributed by atoms with Gasteiger partial charge in [-0.2, -0.15) is 31.4 Å². The molecule has 3 unspecified atom stereocenters. The highest BCUT2D eigenvalue weighted by molar-refractivity contribution is 7.91. The molecule has 0 fully saturated rings. The number of para-hydroxylation sites is 1. The molecule has 8 N–H and O–H groups in total. The zero-order valence-corrected chi connectivity index (χ0v) is 41.2. The minimum Gasteiger partial charge on any atom is -0.445 e. The van der Waals surface area contributed by atoms with Crippen molar-refractivity contribution in [3.63, 3.8) is 0 Å². The van der Waals surface area contributed by atoms with Crippen LogP contribution in [-0.4, -0.2) is 104 Å². The molecule has 0 saturated heterocycles. The van der Waals surface area contributed by atoms with Crippen LogP contribution in [0.15, 0.2) is 101 Å². The Bertz CT molecular complexity index is 2700. The van der Waals surface area contributed by atoms with E-state index in [1.165, 1.54) is 72.6 Å². The van der Waals surface area contributed by atoms with Crippen molar-refractivity contribution in [2.75, 3.05) is 36.2 Å². The standard InChI is InChI=1S/C47H52Cl2F6N8O8S/c1-27(2)39(56)42(65)60-36(12-6-21-58-43(57)66)41(64)59-32-19-13-28(14-20-32)26-71-44(67)62(3)22-7-23-72(69,70)33-9-4-8-31(24-33)29-15-17-30(18-16-29)37-25-38(45(68,46(50,51)52)47(53,54)55)61-63(37)40-34(48)10-5-11-35(40)49/h4-5,8-11,13-20,24,27,36-37,39,68H,6-7,12,21-23,25-26,56H2,1-3H3,(H,59,64)(H,60,65)(H3,57,58,66). The predicted octanol–water partition coefficient (Wildman–Crippen LogP) is 8.11. The zero-order chi connectivity index (χ0) is 53.3. The van der Waals surface area contributed by atoms with Gasteiger partial charge in [0.05, 0.1) is 44.2 Å². The molecule has 0 aliphatic carbocycles. The SMILES string of the molecule is CC(C)C(N)C(=O)NC(CCCNC(N)=O)C(=O)Nc1ccc(COC(=O)N(C)CCCS(=O)(=O)c2cccc(-c3ccc(C4CC(C(O)(C(F)(F)F)C(F)(F)F)=NN4c4c(Cl)cccc4Cl)cc3)c2)cc1. The van der Waals surface area contributed by atoms with Crippen molar-refractivity contribution in [3.05, 3.63) is 112 Å². The van der Waals surface area contributed by atoms with Gasteiger partial charge in [0.2, 0.25) is 11.8 Å². The van der Waals surface area contributed by atoms with Gasteiger partial charge in [-0.3, -0.25) is 14.6 Å². The molecule has 1 heterocycles. The summed E-state index contributed by atoms with van der Waals surface area (Å²) in [5.74, 6) is -1.60. The number of benzene rings is 4. The molecule has 390 valence electrons. The topological polar surface area (TPSA) is 239 Å². The summed E-state index contributed by atoms with van der Waals surface area (Å²) in [6.07, 6.45) is -13.6. The fourth-order valence-electron chi connectivity index (χ4n) is 7.38. The Kier molecular flexibility index (Phi) is 18.6. The summed E-state index contributed by atoms with van der Waals surface area (Å²) < 4.78 is 116. The van der Waals surface area contributed by atoms with Gasteiger partial charge in [0, 0.05) is 32.2 Å². The summed E-state index contributed by atoms with van der Waals surface area (Å²) in [5, 5.41) is 22.2. The van der Waals surface area contributed by atoms with Crippen LogP contribution in [0.25, 0.3) is 11.1 Å². The maximum Gasteiger partial charge on any atom is 0.431 e. The molecule has 5 amide bonds.